The number of Topliss-reactive ketones (excluding diaryl/α,β-unsaturated/α-hetero) is 1. The number of likely N-dealkylation sites (tertiary alicyclic amines) is 1. The van der Waals surface area contributed by atoms with Gasteiger partial charge in [0.1, 0.15) is 11.6 Å². The molecule has 1 amide bonds. The van der Waals surface area contributed by atoms with E-state index in [2.05, 4.69) is 19.2 Å². The molecule has 1 saturated heterocycles. The second-order valence-electron chi connectivity index (χ2n) is 8.38. The van der Waals surface area contributed by atoms with E-state index in [1.165, 1.54) is 11.6 Å². The Hall–Kier alpha value is -2.60. The maximum atomic E-state index is 13.7. The zero-order valence-electron chi connectivity index (χ0n) is 17.5. The van der Waals surface area contributed by atoms with Crippen LogP contribution in [-0.4, -0.2) is 36.2 Å². The molecule has 0 aliphatic carbocycles. The fourth-order valence-corrected chi connectivity index (χ4v) is 3.85. The number of hydrogen-bond acceptors (Lipinski definition) is 3. The van der Waals surface area contributed by atoms with Gasteiger partial charge < -0.3 is 5.32 Å². The Balaban J connectivity index is 1.48. The highest BCUT2D eigenvalue weighted by Crippen LogP contribution is 2.23. The van der Waals surface area contributed by atoms with Crippen LogP contribution in [0.15, 0.2) is 42.5 Å². The molecule has 0 bridgehead atoms. The van der Waals surface area contributed by atoms with Crippen molar-refractivity contribution in [3.8, 4) is 0 Å². The number of amides is 1. The zero-order chi connectivity index (χ0) is 21.7. The Labute approximate surface area is 176 Å². The third kappa shape index (κ3) is 5.95. The zero-order valence-corrected chi connectivity index (χ0v) is 17.5. The molecular weight excluding hydrogens is 386 g/mol. The summed E-state index contributed by atoms with van der Waals surface area (Å²) in [5, 5.41) is 2.47. The quantitative estimate of drug-likeness (QED) is 0.669. The van der Waals surface area contributed by atoms with E-state index in [1.807, 2.05) is 29.2 Å². The minimum absolute atomic E-state index is 0.0348. The van der Waals surface area contributed by atoms with E-state index in [-0.39, 0.29) is 29.8 Å². The summed E-state index contributed by atoms with van der Waals surface area (Å²) in [6, 6.07) is 10.9. The van der Waals surface area contributed by atoms with E-state index < -0.39 is 11.6 Å². The lowest BCUT2D eigenvalue weighted by molar-refractivity contribution is -0.117. The van der Waals surface area contributed by atoms with Gasteiger partial charge in [-0.05, 0) is 56.0 Å². The van der Waals surface area contributed by atoms with Crippen LogP contribution in [0.2, 0.25) is 0 Å². The van der Waals surface area contributed by atoms with Crippen LogP contribution in [-0.2, 0) is 11.2 Å². The summed E-state index contributed by atoms with van der Waals surface area (Å²) in [5.74, 6) is -1.16. The predicted molar refractivity (Wildman–Crippen MR) is 113 cm³/mol. The average molecular weight is 414 g/mol. The van der Waals surface area contributed by atoms with E-state index in [1.54, 1.807) is 0 Å². The number of piperidine rings is 1. The molecular formula is C24H28F2N2O2. The van der Waals surface area contributed by atoms with Crippen molar-refractivity contribution >= 4 is 17.4 Å². The fourth-order valence-electron chi connectivity index (χ4n) is 3.85. The summed E-state index contributed by atoms with van der Waals surface area (Å²) < 4.78 is 26.6. The highest BCUT2D eigenvalue weighted by atomic mass is 19.1. The third-order valence-electron chi connectivity index (χ3n) is 5.41. The van der Waals surface area contributed by atoms with Crippen molar-refractivity contribution in [1.29, 1.82) is 0 Å². The second-order valence-corrected chi connectivity index (χ2v) is 8.38. The van der Waals surface area contributed by atoms with Crippen molar-refractivity contribution in [3.63, 3.8) is 0 Å². The van der Waals surface area contributed by atoms with E-state index in [9.17, 15) is 18.4 Å². The van der Waals surface area contributed by atoms with Gasteiger partial charge in [0, 0.05) is 17.5 Å². The lowest BCUT2D eigenvalue weighted by Gasteiger charge is -2.30. The largest absolute Gasteiger partial charge is 0.322 e. The van der Waals surface area contributed by atoms with E-state index in [4.69, 9.17) is 0 Å². The number of nitrogens with one attached hydrogen (secondary N) is 1. The number of hydrogen-bond donors (Lipinski definition) is 1. The Morgan fingerprint density at radius 1 is 1.07 bits per heavy atom. The van der Waals surface area contributed by atoms with Gasteiger partial charge in [0.15, 0.2) is 5.78 Å². The van der Waals surface area contributed by atoms with E-state index >= 15 is 0 Å². The minimum Gasteiger partial charge on any atom is -0.322 e. The molecule has 160 valence electrons. The smallest absolute Gasteiger partial charge is 0.238 e. The van der Waals surface area contributed by atoms with Crippen molar-refractivity contribution in [2.45, 2.75) is 33.1 Å². The highest BCUT2D eigenvalue weighted by molar-refractivity contribution is 5.98. The minimum atomic E-state index is -0.799. The first-order valence-electron chi connectivity index (χ1n) is 10.4. The normalized spacial score (nSPS) is 15.4. The maximum absolute atomic E-state index is 13.7. The Bertz CT molecular complexity index is 889. The molecule has 3 rings (SSSR count). The van der Waals surface area contributed by atoms with E-state index in [0.29, 0.717) is 31.8 Å². The first-order valence-corrected chi connectivity index (χ1v) is 10.4. The lowest BCUT2D eigenvalue weighted by atomic mass is 9.88. The molecule has 0 aromatic heterocycles. The van der Waals surface area contributed by atoms with Gasteiger partial charge in [-0.25, -0.2) is 8.78 Å². The first kappa shape index (κ1) is 22.1. The summed E-state index contributed by atoms with van der Waals surface area (Å²) >= 11 is 0. The number of halogens is 2. The van der Waals surface area contributed by atoms with E-state index in [0.717, 1.165) is 24.1 Å². The van der Waals surface area contributed by atoms with Gasteiger partial charge in [-0.15, -0.1) is 0 Å². The first-order chi connectivity index (χ1) is 14.3. The molecule has 4 nitrogen and oxygen atoms in total. The SMILES string of the molecule is CC(C)Cc1ccc(C(=O)C2CCN(CC(=O)Nc3ccc(F)cc3F)CC2)cc1. The average Bonchev–Trinajstić information content (AvgIpc) is 2.70. The van der Waals surface area contributed by atoms with Crippen LogP contribution in [0.1, 0.15) is 42.6 Å². The molecule has 1 heterocycles. The monoisotopic (exact) mass is 414 g/mol. The number of rotatable bonds is 7. The Morgan fingerprint density at radius 2 is 1.73 bits per heavy atom. The van der Waals surface area contributed by atoms with Crippen LogP contribution in [0.5, 0.6) is 0 Å². The molecule has 1 N–H and O–H groups in total. The molecule has 0 saturated carbocycles. The molecule has 6 heteroatoms. The maximum Gasteiger partial charge on any atom is 0.238 e. The summed E-state index contributed by atoms with van der Waals surface area (Å²) in [6.45, 7) is 5.70. The molecule has 1 aliphatic heterocycles. The molecule has 0 unspecified atom stereocenters. The highest BCUT2D eigenvalue weighted by Gasteiger charge is 2.26. The van der Waals surface area contributed by atoms with Gasteiger partial charge in [-0.2, -0.15) is 0 Å². The molecule has 0 atom stereocenters. The van der Waals surface area contributed by atoms with Crippen LogP contribution >= 0.6 is 0 Å². The predicted octanol–water partition coefficient (Wildman–Crippen LogP) is 4.70. The van der Waals surface area contributed by atoms with Crippen molar-refractivity contribution in [3.05, 3.63) is 65.2 Å². The molecule has 0 radical (unpaired) electrons. The molecule has 1 aliphatic rings. The molecule has 2 aromatic carbocycles. The molecule has 0 spiro atoms. The van der Waals surface area contributed by atoms with Crippen LogP contribution in [0.4, 0.5) is 14.5 Å². The van der Waals surface area contributed by atoms with Crippen LogP contribution in [0, 0.1) is 23.5 Å². The number of benzene rings is 2. The van der Waals surface area contributed by atoms with Crippen molar-refractivity contribution in [2.75, 3.05) is 25.0 Å². The molecule has 2 aromatic rings. The summed E-state index contributed by atoms with van der Waals surface area (Å²) in [7, 11) is 0. The van der Waals surface area contributed by atoms with Gasteiger partial charge in [-0.3, -0.25) is 14.5 Å². The van der Waals surface area contributed by atoms with Crippen LogP contribution in [0.25, 0.3) is 0 Å². The Kier molecular flexibility index (Phi) is 7.32. The summed E-state index contributed by atoms with van der Waals surface area (Å²) in [6.07, 6.45) is 2.37. The molecule has 1 fully saturated rings. The number of ketones is 1. The summed E-state index contributed by atoms with van der Waals surface area (Å²) in [4.78, 5) is 26.9. The van der Waals surface area contributed by atoms with Gasteiger partial charge in [0.2, 0.25) is 5.91 Å². The third-order valence-corrected chi connectivity index (χ3v) is 5.41. The van der Waals surface area contributed by atoms with Crippen LogP contribution < -0.4 is 5.32 Å². The molecule has 30 heavy (non-hydrogen) atoms. The summed E-state index contributed by atoms with van der Waals surface area (Å²) in [5.41, 5.74) is 1.94. The standard InChI is InChI=1S/C24H28F2N2O2/c1-16(2)13-17-3-5-18(6-4-17)24(30)19-9-11-28(12-10-19)15-23(29)27-22-8-7-20(25)14-21(22)26/h3-8,14,16,19H,9-13,15H2,1-2H3,(H,27,29). The van der Waals surface area contributed by atoms with Gasteiger partial charge >= 0.3 is 0 Å². The van der Waals surface area contributed by atoms with Crippen molar-refractivity contribution < 1.29 is 18.4 Å². The lowest BCUT2D eigenvalue weighted by Crippen LogP contribution is -2.40. The topological polar surface area (TPSA) is 49.4 Å². The van der Waals surface area contributed by atoms with Gasteiger partial charge in [0.05, 0.1) is 12.2 Å². The van der Waals surface area contributed by atoms with Gasteiger partial charge in [0.25, 0.3) is 0 Å². The number of carbonyl (C=O) groups excluding carboxylic acids is 2. The van der Waals surface area contributed by atoms with Crippen LogP contribution in [0.3, 0.4) is 0 Å². The van der Waals surface area contributed by atoms with Gasteiger partial charge in [-0.1, -0.05) is 38.1 Å². The Morgan fingerprint density at radius 3 is 2.33 bits per heavy atom. The second kappa shape index (κ2) is 9.94. The fraction of sp³-hybridized carbons (Fsp3) is 0.417. The number of anilines is 1. The van der Waals surface area contributed by atoms with Crippen molar-refractivity contribution in [2.24, 2.45) is 11.8 Å². The van der Waals surface area contributed by atoms with Crippen molar-refractivity contribution in [1.82, 2.24) is 4.90 Å². The number of nitrogens with zero attached hydrogens (tertiary/aromatic N) is 1. The number of carbonyl (C=O) groups is 2.